The van der Waals surface area contributed by atoms with Crippen LogP contribution in [0.1, 0.15) is 58.3 Å². The Morgan fingerprint density at radius 1 is 1.12 bits per heavy atom. The van der Waals surface area contributed by atoms with Gasteiger partial charge < -0.3 is 19.9 Å². The van der Waals surface area contributed by atoms with Crippen LogP contribution >= 0.6 is 0 Å². The molecule has 34 heavy (non-hydrogen) atoms. The second-order valence-electron chi connectivity index (χ2n) is 8.55. The molecule has 0 fully saturated rings. The molecule has 1 aromatic carbocycles. The maximum atomic E-state index is 12.1. The highest BCUT2D eigenvalue weighted by molar-refractivity contribution is 5.91. The lowest BCUT2D eigenvalue weighted by Gasteiger charge is -2.18. The van der Waals surface area contributed by atoms with E-state index < -0.39 is 18.0 Å². The summed E-state index contributed by atoms with van der Waals surface area (Å²) in [5, 5.41) is 6.30. The number of aromatic amines is 1. The number of carbonyl (C=O) groups excluding carboxylic acids is 3. The molecule has 0 aliphatic rings. The van der Waals surface area contributed by atoms with E-state index in [-0.39, 0.29) is 42.1 Å². The van der Waals surface area contributed by atoms with Crippen molar-refractivity contribution in [3.8, 4) is 17.0 Å². The number of rotatable bonds is 9. The van der Waals surface area contributed by atoms with Gasteiger partial charge in [0.05, 0.1) is 17.9 Å². The molecule has 0 amide bonds. The Morgan fingerprint density at radius 2 is 1.76 bits per heavy atom. The standard InChI is InChI=1S/C20H22N2O7.C4H11N/c1-4-27-20(26)14-5-7-18(16(10-14)17-6-8-19(25)22-21-17)28-11-15(9-12(2)23)29-13(3)24;1-4(2,3)5/h5-8,10,15H,4,9,11H2,1-3H3,(H,22,25);5H2,1-3H3. The fourth-order valence-electron chi connectivity index (χ4n) is 2.56. The molecule has 186 valence electrons. The number of benzene rings is 1. The SMILES string of the molecule is CC(C)(C)N.CCOC(=O)c1ccc(OCC(CC(C)=O)OC(C)=O)c(-c2ccc(=O)[nH]n2)c1. The number of ketones is 1. The topological polar surface area (TPSA) is 151 Å². The smallest absolute Gasteiger partial charge is 0.338 e. The zero-order valence-corrected chi connectivity index (χ0v) is 20.5. The number of nitrogens with one attached hydrogen (secondary N) is 1. The largest absolute Gasteiger partial charge is 0.489 e. The third kappa shape index (κ3) is 11.4. The Morgan fingerprint density at radius 3 is 2.26 bits per heavy atom. The number of hydrogen-bond acceptors (Lipinski definition) is 9. The number of esters is 2. The summed E-state index contributed by atoms with van der Waals surface area (Å²) in [6, 6.07) is 7.37. The molecule has 0 aliphatic heterocycles. The van der Waals surface area contributed by atoms with Gasteiger partial charge in [0.25, 0.3) is 5.56 Å². The minimum Gasteiger partial charge on any atom is -0.489 e. The van der Waals surface area contributed by atoms with Crippen LogP contribution in [0.25, 0.3) is 11.3 Å². The molecule has 0 spiro atoms. The number of nitrogens with two attached hydrogens (primary N) is 1. The van der Waals surface area contributed by atoms with E-state index in [1.54, 1.807) is 13.0 Å². The first-order valence-corrected chi connectivity index (χ1v) is 10.8. The molecule has 1 heterocycles. The van der Waals surface area contributed by atoms with Crippen LogP contribution in [-0.4, -0.2) is 52.8 Å². The third-order valence-electron chi connectivity index (χ3n) is 3.72. The molecule has 0 bridgehead atoms. The second kappa shape index (κ2) is 13.2. The van der Waals surface area contributed by atoms with Crippen LogP contribution in [0, 0.1) is 0 Å². The zero-order valence-electron chi connectivity index (χ0n) is 20.5. The van der Waals surface area contributed by atoms with Crippen molar-refractivity contribution in [1.29, 1.82) is 0 Å². The first kappa shape index (κ1) is 28.5. The quantitative estimate of drug-likeness (QED) is 0.522. The van der Waals surface area contributed by atoms with Crippen LogP contribution in [0.2, 0.25) is 0 Å². The monoisotopic (exact) mass is 475 g/mol. The van der Waals surface area contributed by atoms with E-state index >= 15 is 0 Å². The summed E-state index contributed by atoms with van der Waals surface area (Å²) in [6.07, 6.45) is -0.752. The van der Waals surface area contributed by atoms with Crippen molar-refractivity contribution in [2.45, 2.75) is 59.6 Å². The minimum absolute atomic E-state index is 0. The van der Waals surface area contributed by atoms with Crippen molar-refractivity contribution in [2.24, 2.45) is 5.73 Å². The average Bonchev–Trinajstić information content (AvgIpc) is 2.71. The van der Waals surface area contributed by atoms with Crippen LogP contribution in [0.5, 0.6) is 5.75 Å². The molecule has 0 aliphatic carbocycles. The van der Waals surface area contributed by atoms with Crippen LogP contribution in [-0.2, 0) is 19.1 Å². The van der Waals surface area contributed by atoms with Crippen LogP contribution in [0.3, 0.4) is 0 Å². The summed E-state index contributed by atoms with van der Waals surface area (Å²) in [7, 11) is 0. The van der Waals surface area contributed by atoms with Gasteiger partial charge in [-0.15, -0.1) is 0 Å². The molecule has 1 unspecified atom stereocenters. The van der Waals surface area contributed by atoms with Gasteiger partial charge in [-0.25, -0.2) is 9.89 Å². The Labute approximate surface area is 198 Å². The average molecular weight is 476 g/mol. The van der Waals surface area contributed by atoms with Crippen molar-refractivity contribution >= 4 is 17.7 Å². The van der Waals surface area contributed by atoms with Gasteiger partial charge in [0.15, 0.2) is 0 Å². The lowest BCUT2D eigenvalue weighted by Crippen LogP contribution is -2.26. The van der Waals surface area contributed by atoms with Gasteiger partial charge in [0.1, 0.15) is 24.2 Å². The summed E-state index contributed by atoms with van der Waals surface area (Å²) in [6.45, 7) is 10.4. The van der Waals surface area contributed by atoms with E-state index in [1.165, 1.54) is 38.1 Å². The van der Waals surface area contributed by atoms with Gasteiger partial charge >= 0.3 is 11.9 Å². The fourth-order valence-corrected chi connectivity index (χ4v) is 2.56. The van der Waals surface area contributed by atoms with Gasteiger partial charge in [-0.2, -0.15) is 5.10 Å². The van der Waals surface area contributed by atoms with Crippen LogP contribution in [0.4, 0.5) is 0 Å². The van der Waals surface area contributed by atoms with E-state index in [2.05, 4.69) is 10.2 Å². The van der Waals surface area contributed by atoms with Crippen molar-refractivity contribution < 1.29 is 28.6 Å². The van der Waals surface area contributed by atoms with Crippen molar-refractivity contribution in [3.63, 3.8) is 0 Å². The van der Waals surface area contributed by atoms with Gasteiger partial charge in [0, 0.05) is 30.5 Å². The fraction of sp³-hybridized carbons (Fsp3) is 0.458. The van der Waals surface area contributed by atoms with Crippen molar-refractivity contribution in [3.05, 3.63) is 46.2 Å². The summed E-state index contributed by atoms with van der Waals surface area (Å²) in [4.78, 5) is 46.1. The number of H-pyrrole nitrogens is 1. The van der Waals surface area contributed by atoms with Gasteiger partial charge in [-0.1, -0.05) is 0 Å². The van der Waals surface area contributed by atoms with E-state index in [1.807, 2.05) is 20.8 Å². The van der Waals surface area contributed by atoms with E-state index in [4.69, 9.17) is 19.9 Å². The van der Waals surface area contributed by atoms with Crippen LogP contribution < -0.4 is 16.0 Å². The molecule has 1 aromatic heterocycles. The van der Waals surface area contributed by atoms with Gasteiger partial charge in [0.2, 0.25) is 0 Å². The first-order chi connectivity index (χ1) is 15.8. The summed E-state index contributed by atoms with van der Waals surface area (Å²) < 4.78 is 15.9. The number of aromatic nitrogens is 2. The Hall–Kier alpha value is -3.53. The Bertz CT molecular complexity index is 999. The number of hydrogen-bond donors (Lipinski definition) is 2. The van der Waals surface area contributed by atoms with E-state index in [0.29, 0.717) is 17.0 Å². The molecular weight excluding hydrogens is 442 g/mol. The molecule has 2 rings (SSSR count). The lowest BCUT2D eigenvalue weighted by atomic mass is 10.1. The molecule has 0 saturated heterocycles. The molecule has 10 heteroatoms. The highest BCUT2D eigenvalue weighted by atomic mass is 16.6. The minimum atomic E-state index is -0.758. The number of nitrogens with zero attached hydrogens (tertiary/aromatic N) is 1. The maximum absolute atomic E-state index is 12.1. The lowest BCUT2D eigenvalue weighted by molar-refractivity contribution is -0.149. The molecule has 10 nitrogen and oxygen atoms in total. The molecular formula is C24H33N3O7. The molecule has 0 saturated carbocycles. The molecule has 2 aromatic rings. The summed E-state index contributed by atoms with van der Waals surface area (Å²) >= 11 is 0. The first-order valence-electron chi connectivity index (χ1n) is 10.8. The third-order valence-corrected chi connectivity index (χ3v) is 3.72. The molecule has 1 atom stereocenters. The number of carbonyl (C=O) groups is 3. The van der Waals surface area contributed by atoms with Gasteiger partial charge in [-0.3, -0.25) is 14.4 Å². The normalized spacial score (nSPS) is 11.5. The zero-order chi connectivity index (χ0) is 25.9. The number of Topliss-reactive ketones (excluding diaryl/α,β-unsaturated/α-hetero) is 1. The summed E-state index contributed by atoms with van der Waals surface area (Å²) in [5.41, 5.74) is 6.04. The van der Waals surface area contributed by atoms with E-state index in [9.17, 15) is 19.2 Å². The Balaban J connectivity index is 0.00000104. The maximum Gasteiger partial charge on any atom is 0.338 e. The second-order valence-corrected chi connectivity index (χ2v) is 8.55. The Kier molecular flexibility index (Phi) is 11.1. The van der Waals surface area contributed by atoms with Gasteiger partial charge in [-0.05, 0) is 58.9 Å². The molecule has 0 radical (unpaired) electrons. The van der Waals surface area contributed by atoms with Crippen LogP contribution in [0.15, 0.2) is 35.1 Å². The van der Waals surface area contributed by atoms with Crippen molar-refractivity contribution in [2.75, 3.05) is 13.2 Å². The highest BCUT2D eigenvalue weighted by Crippen LogP contribution is 2.30. The highest BCUT2D eigenvalue weighted by Gasteiger charge is 2.19. The predicted molar refractivity (Wildman–Crippen MR) is 127 cm³/mol. The molecule has 3 N–H and O–H groups in total. The number of ether oxygens (including phenoxy) is 3. The summed E-state index contributed by atoms with van der Waals surface area (Å²) in [5.74, 6) is -0.863. The predicted octanol–water partition coefficient (Wildman–Crippen LogP) is 2.65. The van der Waals surface area contributed by atoms with Crippen molar-refractivity contribution in [1.82, 2.24) is 10.2 Å². The van der Waals surface area contributed by atoms with E-state index in [0.717, 1.165) is 0 Å².